The van der Waals surface area contributed by atoms with Crippen LogP contribution < -0.4 is 18.9 Å². The van der Waals surface area contributed by atoms with Crippen LogP contribution in [0, 0.1) is 11.3 Å². The Kier molecular flexibility index (Phi) is 6.76. The third-order valence-electron chi connectivity index (χ3n) is 4.97. The van der Waals surface area contributed by atoms with Crippen molar-refractivity contribution in [3.8, 4) is 29.1 Å². The van der Waals surface area contributed by atoms with Crippen LogP contribution in [0.4, 0.5) is 0 Å². The summed E-state index contributed by atoms with van der Waals surface area (Å²) in [6, 6.07) is 19.8. The number of esters is 1. The van der Waals surface area contributed by atoms with Gasteiger partial charge in [0.15, 0.2) is 23.0 Å². The zero-order chi connectivity index (χ0) is 24.1. The lowest BCUT2D eigenvalue weighted by Gasteiger charge is -2.12. The quantitative estimate of drug-likeness (QED) is 0.196. The fourth-order valence-electron chi connectivity index (χ4n) is 3.28. The molecular weight excluding hydrogens is 452 g/mol. The van der Waals surface area contributed by atoms with Crippen molar-refractivity contribution in [2.75, 3.05) is 21.3 Å². The minimum absolute atomic E-state index is 0.248. The Morgan fingerprint density at radius 3 is 2.32 bits per heavy atom. The molecule has 170 valence electrons. The molecular formula is C26H20N2O5S. The zero-order valence-electron chi connectivity index (χ0n) is 18.7. The Balaban J connectivity index is 1.60. The maximum absolute atomic E-state index is 12.7. The molecule has 34 heavy (non-hydrogen) atoms. The molecule has 0 unspecified atom stereocenters. The minimum Gasteiger partial charge on any atom is -0.493 e. The number of fused-ring (bicyclic) bond motifs is 1. The van der Waals surface area contributed by atoms with Gasteiger partial charge in [0.2, 0.25) is 0 Å². The molecule has 0 radical (unpaired) electrons. The average Bonchev–Trinajstić information content (AvgIpc) is 3.31. The maximum atomic E-state index is 12.7. The van der Waals surface area contributed by atoms with Gasteiger partial charge in [-0.25, -0.2) is 9.78 Å². The van der Waals surface area contributed by atoms with Crippen LogP contribution in [-0.4, -0.2) is 32.3 Å². The molecule has 4 rings (SSSR count). The molecule has 3 aromatic carbocycles. The van der Waals surface area contributed by atoms with Gasteiger partial charge in [-0.1, -0.05) is 18.2 Å². The molecule has 0 amide bonds. The molecule has 0 bridgehead atoms. The van der Waals surface area contributed by atoms with E-state index in [-0.39, 0.29) is 5.75 Å². The summed E-state index contributed by atoms with van der Waals surface area (Å²) in [7, 11) is 4.49. The van der Waals surface area contributed by atoms with Crippen LogP contribution in [0.25, 0.3) is 21.9 Å². The number of thiazole rings is 1. The first-order valence-electron chi connectivity index (χ1n) is 10.2. The molecule has 0 saturated carbocycles. The summed E-state index contributed by atoms with van der Waals surface area (Å²) in [6.45, 7) is 0. The number of hydrogen-bond donors (Lipinski definition) is 0. The van der Waals surface area contributed by atoms with Crippen LogP contribution in [0.2, 0.25) is 0 Å². The van der Waals surface area contributed by atoms with Gasteiger partial charge >= 0.3 is 5.97 Å². The second kappa shape index (κ2) is 10.1. The molecule has 0 aliphatic rings. The highest BCUT2D eigenvalue weighted by Crippen LogP contribution is 2.33. The first-order chi connectivity index (χ1) is 16.6. The van der Waals surface area contributed by atoms with Crippen molar-refractivity contribution >= 4 is 39.2 Å². The Labute approximate surface area is 200 Å². The molecule has 0 aliphatic carbocycles. The van der Waals surface area contributed by atoms with Crippen LogP contribution in [0.1, 0.15) is 20.9 Å². The standard InChI is InChI=1S/C26H20N2O5S/c1-30-20-11-9-17(14-23(20)32-3)26(29)33-21-10-8-16(13-22(21)31-2)12-18(15-27)25-28-19-6-4-5-7-24(19)34-25/h4-14H,1-3H3/b18-12+. The Morgan fingerprint density at radius 1 is 0.912 bits per heavy atom. The number of rotatable bonds is 7. The van der Waals surface area contributed by atoms with Crippen molar-refractivity contribution < 1.29 is 23.7 Å². The van der Waals surface area contributed by atoms with E-state index >= 15 is 0 Å². The number of nitriles is 1. The highest BCUT2D eigenvalue weighted by molar-refractivity contribution is 7.19. The van der Waals surface area contributed by atoms with Crippen LogP contribution in [0.15, 0.2) is 60.7 Å². The second-order valence-electron chi connectivity index (χ2n) is 7.03. The third kappa shape index (κ3) is 4.70. The smallest absolute Gasteiger partial charge is 0.343 e. The first kappa shape index (κ1) is 22.8. The summed E-state index contributed by atoms with van der Waals surface area (Å²) in [5.74, 6) is 0.953. The fourth-order valence-corrected chi connectivity index (χ4v) is 4.21. The Hall–Kier alpha value is -4.35. The van der Waals surface area contributed by atoms with Gasteiger partial charge in [-0.05, 0) is 54.1 Å². The van der Waals surface area contributed by atoms with Gasteiger partial charge in [0.05, 0.1) is 42.7 Å². The molecule has 0 aliphatic heterocycles. The molecule has 0 spiro atoms. The number of ether oxygens (including phenoxy) is 4. The molecule has 8 heteroatoms. The van der Waals surface area contributed by atoms with Crippen LogP contribution in [0.3, 0.4) is 0 Å². The topological polar surface area (TPSA) is 90.7 Å². The molecule has 0 atom stereocenters. The van der Waals surface area contributed by atoms with E-state index in [1.54, 1.807) is 42.5 Å². The van der Waals surface area contributed by atoms with Crippen LogP contribution in [0.5, 0.6) is 23.0 Å². The van der Waals surface area contributed by atoms with Crippen molar-refractivity contribution in [2.24, 2.45) is 0 Å². The Bertz CT molecular complexity index is 1400. The third-order valence-corrected chi connectivity index (χ3v) is 6.04. The zero-order valence-corrected chi connectivity index (χ0v) is 19.5. The van der Waals surface area contributed by atoms with Gasteiger partial charge in [-0.15, -0.1) is 11.3 Å². The fraction of sp³-hybridized carbons (Fsp3) is 0.115. The summed E-state index contributed by atoms with van der Waals surface area (Å²) in [5, 5.41) is 10.3. The highest BCUT2D eigenvalue weighted by Gasteiger charge is 2.16. The molecule has 0 saturated heterocycles. The number of carbonyl (C=O) groups excluding carboxylic acids is 1. The second-order valence-corrected chi connectivity index (χ2v) is 8.06. The van der Waals surface area contributed by atoms with Gasteiger partial charge in [0.25, 0.3) is 0 Å². The van der Waals surface area contributed by atoms with Crippen molar-refractivity contribution in [3.63, 3.8) is 0 Å². The van der Waals surface area contributed by atoms with Gasteiger partial charge in [-0.3, -0.25) is 0 Å². The van der Waals surface area contributed by atoms with E-state index in [2.05, 4.69) is 11.1 Å². The number of hydrogen-bond acceptors (Lipinski definition) is 8. The average molecular weight is 473 g/mol. The predicted molar refractivity (Wildman–Crippen MR) is 131 cm³/mol. The van der Waals surface area contributed by atoms with E-state index in [1.807, 2.05) is 24.3 Å². The highest BCUT2D eigenvalue weighted by atomic mass is 32.1. The van der Waals surface area contributed by atoms with Crippen LogP contribution >= 0.6 is 11.3 Å². The Morgan fingerprint density at radius 2 is 1.62 bits per heavy atom. The summed E-state index contributed by atoms with van der Waals surface area (Å²) in [4.78, 5) is 17.2. The summed E-state index contributed by atoms with van der Waals surface area (Å²) < 4.78 is 22.4. The molecule has 0 fully saturated rings. The van der Waals surface area contributed by atoms with Crippen molar-refractivity contribution in [1.82, 2.24) is 4.98 Å². The number of allylic oxidation sites excluding steroid dienone is 1. The lowest BCUT2D eigenvalue weighted by atomic mass is 10.1. The predicted octanol–water partition coefficient (Wildman–Crippen LogP) is 5.61. The van der Waals surface area contributed by atoms with Gasteiger partial charge in [0.1, 0.15) is 11.1 Å². The minimum atomic E-state index is -0.574. The van der Waals surface area contributed by atoms with E-state index in [4.69, 9.17) is 18.9 Å². The van der Waals surface area contributed by atoms with Gasteiger partial charge in [-0.2, -0.15) is 5.26 Å². The van der Waals surface area contributed by atoms with E-state index in [9.17, 15) is 10.1 Å². The van der Waals surface area contributed by atoms with Crippen molar-refractivity contribution in [2.45, 2.75) is 0 Å². The number of methoxy groups -OCH3 is 3. The van der Waals surface area contributed by atoms with Gasteiger partial charge < -0.3 is 18.9 Å². The molecule has 0 N–H and O–H groups in total. The van der Waals surface area contributed by atoms with E-state index in [0.717, 1.165) is 10.2 Å². The number of benzene rings is 3. The summed E-state index contributed by atoms with van der Waals surface area (Å²) >= 11 is 1.45. The summed E-state index contributed by atoms with van der Waals surface area (Å²) in [6.07, 6.45) is 1.72. The maximum Gasteiger partial charge on any atom is 0.343 e. The number of aromatic nitrogens is 1. The van der Waals surface area contributed by atoms with Crippen LogP contribution in [-0.2, 0) is 0 Å². The molecule has 4 aromatic rings. The molecule has 1 heterocycles. The number of nitrogens with zero attached hydrogens (tertiary/aromatic N) is 2. The van der Waals surface area contributed by atoms with E-state index < -0.39 is 5.97 Å². The van der Waals surface area contributed by atoms with Crippen molar-refractivity contribution in [1.29, 1.82) is 5.26 Å². The number of para-hydroxylation sites is 1. The normalized spacial score (nSPS) is 11.1. The monoisotopic (exact) mass is 472 g/mol. The number of carbonyl (C=O) groups is 1. The lowest BCUT2D eigenvalue weighted by Crippen LogP contribution is -2.09. The van der Waals surface area contributed by atoms with E-state index in [0.29, 0.717) is 39.0 Å². The van der Waals surface area contributed by atoms with Crippen molar-refractivity contribution in [3.05, 3.63) is 76.8 Å². The molecule has 1 aromatic heterocycles. The summed E-state index contributed by atoms with van der Waals surface area (Å²) in [5.41, 5.74) is 2.28. The molecule has 7 nitrogen and oxygen atoms in total. The first-order valence-corrected chi connectivity index (χ1v) is 11.0. The van der Waals surface area contributed by atoms with Gasteiger partial charge in [0, 0.05) is 0 Å². The SMILES string of the molecule is COc1ccc(C(=O)Oc2ccc(/C=C(\C#N)c3nc4ccccc4s3)cc2OC)cc1OC. The lowest BCUT2D eigenvalue weighted by molar-refractivity contribution is 0.0729. The largest absolute Gasteiger partial charge is 0.493 e. The van der Waals surface area contributed by atoms with E-state index in [1.165, 1.54) is 32.7 Å².